The maximum absolute atomic E-state index is 12.2. The monoisotopic (exact) mass is 308 g/mol. The van der Waals surface area contributed by atoms with Crippen LogP contribution in [0.15, 0.2) is 30.5 Å². The van der Waals surface area contributed by atoms with Gasteiger partial charge in [0, 0.05) is 11.6 Å². The summed E-state index contributed by atoms with van der Waals surface area (Å²) in [4.78, 5) is 10.8. The quantitative estimate of drug-likeness (QED) is 0.486. The lowest BCUT2D eigenvalue weighted by molar-refractivity contribution is -0.108. The Kier molecular flexibility index (Phi) is 3.46. The molecule has 20 heavy (non-hydrogen) atoms. The lowest BCUT2D eigenvalue weighted by atomic mass is 9.98. The molecule has 0 spiro atoms. The molecule has 9 heteroatoms. The summed E-state index contributed by atoms with van der Waals surface area (Å²) in [6, 6.07) is 3.25. The van der Waals surface area contributed by atoms with Gasteiger partial charge in [-0.05, 0) is 12.1 Å². The molecule has 1 heterocycles. The Morgan fingerprint density at radius 3 is 2.60 bits per heavy atom. The fourth-order valence-electron chi connectivity index (χ4n) is 1.54. The fraction of sp³-hybridized carbons (Fsp3) is 0.182. The van der Waals surface area contributed by atoms with Crippen molar-refractivity contribution in [3.05, 3.63) is 36.1 Å². The van der Waals surface area contributed by atoms with Crippen LogP contribution in [0.25, 0.3) is 0 Å². The molecule has 2 rings (SSSR count). The summed E-state index contributed by atoms with van der Waals surface area (Å²) in [6.07, 6.45) is 3.25. The van der Waals surface area contributed by atoms with Crippen LogP contribution in [0.5, 0.6) is 11.5 Å². The van der Waals surface area contributed by atoms with Crippen LogP contribution in [-0.2, 0) is 14.9 Å². The van der Waals surface area contributed by atoms with Gasteiger partial charge in [-0.2, -0.15) is 21.6 Å². The zero-order valence-corrected chi connectivity index (χ0v) is 10.4. The maximum atomic E-state index is 12.2. The van der Waals surface area contributed by atoms with Crippen molar-refractivity contribution in [3.8, 4) is 11.5 Å². The van der Waals surface area contributed by atoms with Crippen molar-refractivity contribution in [1.29, 1.82) is 0 Å². The first-order chi connectivity index (χ1) is 9.24. The second kappa shape index (κ2) is 4.82. The lowest BCUT2D eigenvalue weighted by Gasteiger charge is -2.17. The van der Waals surface area contributed by atoms with Gasteiger partial charge in [-0.15, -0.1) is 0 Å². The molecular weight excluding hydrogens is 301 g/mol. The smallest absolute Gasteiger partial charge is 0.465 e. The minimum absolute atomic E-state index is 0.0551. The molecule has 0 saturated carbocycles. The molecule has 0 bridgehead atoms. The molecule has 5 nitrogen and oxygen atoms in total. The molecule has 0 amide bonds. The van der Waals surface area contributed by atoms with E-state index >= 15 is 0 Å². The minimum atomic E-state index is -5.74. The SMILES string of the molecule is O=CC1C=COc2cc(OS(=O)(=O)C(F)(F)F)ccc21. The second-order valence-electron chi connectivity index (χ2n) is 3.79. The van der Waals surface area contributed by atoms with E-state index in [1.165, 1.54) is 18.4 Å². The molecule has 0 aliphatic carbocycles. The van der Waals surface area contributed by atoms with E-state index in [-0.39, 0.29) is 5.75 Å². The lowest BCUT2D eigenvalue weighted by Crippen LogP contribution is -2.28. The van der Waals surface area contributed by atoms with Crippen molar-refractivity contribution >= 4 is 16.4 Å². The maximum Gasteiger partial charge on any atom is 0.534 e. The van der Waals surface area contributed by atoms with Crippen LogP contribution in [0.3, 0.4) is 0 Å². The van der Waals surface area contributed by atoms with Crippen LogP contribution in [0.4, 0.5) is 13.2 Å². The number of allylic oxidation sites excluding steroid dienone is 1. The highest BCUT2D eigenvalue weighted by Gasteiger charge is 2.48. The van der Waals surface area contributed by atoms with Crippen molar-refractivity contribution < 1.29 is 35.3 Å². The van der Waals surface area contributed by atoms with Gasteiger partial charge in [0.25, 0.3) is 0 Å². The molecule has 0 saturated heterocycles. The Morgan fingerprint density at radius 1 is 1.30 bits per heavy atom. The van der Waals surface area contributed by atoms with E-state index in [1.807, 2.05) is 0 Å². The largest absolute Gasteiger partial charge is 0.534 e. The van der Waals surface area contributed by atoms with E-state index in [2.05, 4.69) is 4.18 Å². The van der Waals surface area contributed by atoms with Crippen molar-refractivity contribution in [2.24, 2.45) is 0 Å². The number of benzene rings is 1. The Morgan fingerprint density at radius 2 is 2.00 bits per heavy atom. The predicted octanol–water partition coefficient (Wildman–Crippen LogP) is 2.10. The van der Waals surface area contributed by atoms with Crippen LogP contribution >= 0.6 is 0 Å². The van der Waals surface area contributed by atoms with Crippen molar-refractivity contribution in [1.82, 2.24) is 0 Å². The van der Waals surface area contributed by atoms with Crippen LogP contribution in [-0.4, -0.2) is 20.2 Å². The first-order valence-electron chi connectivity index (χ1n) is 5.18. The van der Waals surface area contributed by atoms with Gasteiger partial charge < -0.3 is 13.7 Å². The normalized spacial score (nSPS) is 18.1. The molecule has 1 atom stereocenters. The van der Waals surface area contributed by atoms with Crippen LogP contribution in [0, 0.1) is 0 Å². The number of ether oxygens (including phenoxy) is 1. The Hall–Kier alpha value is -2.03. The third kappa shape index (κ3) is 2.62. The second-order valence-corrected chi connectivity index (χ2v) is 5.33. The molecule has 0 fully saturated rings. The average molecular weight is 308 g/mol. The number of halogens is 3. The highest BCUT2D eigenvalue weighted by atomic mass is 32.2. The van der Waals surface area contributed by atoms with Gasteiger partial charge in [-0.1, -0.05) is 6.07 Å². The number of hydrogen-bond donors (Lipinski definition) is 0. The summed E-state index contributed by atoms with van der Waals surface area (Å²) >= 11 is 0. The molecule has 0 radical (unpaired) electrons. The van der Waals surface area contributed by atoms with Gasteiger partial charge in [-0.25, -0.2) is 0 Å². The van der Waals surface area contributed by atoms with Crippen LogP contribution in [0.1, 0.15) is 11.5 Å². The van der Waals surface area contributed by atoms with Gasteiger partial charge in [-0.3, -0.25) is 0 Å². The summed E-state index contributed by atoms with van der Waals surface area (Å²) in [5.74, 6) is -1.10. The molecule has 0 N–H and O–H groups in total. The van der Waals surface area contributed by atoms with Gasteiger partial charge in [0.05, 0.1) is 12.2 Å². The molecule has 108 valence electrons. The van der Waals surface area contributed by atoms with Crippen molar-refractivity contribution in [2.45, 2.75) is 11.4 Å². The molecule has 0 aromatic heterocycles. The third-order valence-electron chi connectivity index (χ3n) is 2.46. The van der Waals surface area contributed by atoms with Crippen LogP contribution in [0.2, 0.25) is 0 Å². The molecule has 1 aromatic rings. The van der Waals surface area contributed by atoms with Crippen molar-refractivity contribution in [2.75, 3.05) is 0 Å². The first kappa shape index (κ1) is 14.4. The number of hydrogen-bond acceptors (Lipinski definition) is 5. The standard InChI is InChI=1S/C11H7F3O5S/c12-11(13,14)20(16,17)19-8-1-2-9-7(6-15)3-4-18-10(9)5-8/h1-7H. The molecule has 1 aromatic carbocycles. The highest BCUT2D eigenvalue weighted by Crippen LogP contribution is 2.35. The summed E-state index contributed by atoms with van der Waals surface area (Å²) in [5.41, 5.74) is -5.12. The van der Waals surface area contributed by atoms with E-state index in [0.717, 1.165) is 12.1 Å². The number of carbonyl (C=O) groups is 1. The summed E-state index contributed by atoms with van der Waals surface area (Å²) in [7, 11) is -5.74. The van der Waals surface area contributed by atoms with E-state index in [1.54, 1.807) is 0 Å². The molecule has 1 aliphatic heterocycles. The fourth-order valence-corrected chi connectivity index (χ4v) is 1.99. The molecular formula is C11H7F3O5S. The summed E-state index contributed by atoms with van der Waals surface area (Å²) in [5, 5.41) is 0. The number of rotatable bonds is 3. The predicted molar refractivity (Wildman–Crippen MR) is 60.6 cm³/mol. The van der Waals surface area contributed by atoms with E-state index in [4.69, 9.17) is 4.74 Å². The van der Waals surface area contributed by atoms with Gasteiger partial charge in [0.1, 0.15) is 17.8 Å². The Balaban J connectivity index is 2.33. The zero-order chi connectivity index (χ0) is 15.0. The van der Waals surface area contributed by atoms with Crippen molar-refractivity contribution in [3.63, 3.8) is 0 Å². The van der Waals surface area contributed by atoms with E-state index in [9.17, 15) is 26.4 Å². The Labute approximate surface area is 111 Å². The number of aldehydes is 1. The minimum Gasteiger partial charge on any atom is -0.465 e. The molecule has 1 unspecified atom stereocenters. The van der Waals surface area contributed by atoms with E-state index in [0.29, 0.717) is 11.8 Å². The zero-order valence-electron chi connectivity index (χ0n) is 9.62. The number of alkyl halides is 3. The first-order valence-corrected chi connectivity index (χ1v) is 6.59. The third-order valence-corrected chi connectivity index (χ3v) is 3.44. The number of fused-ring (bicyclic) bond motifs is 1. The van der Waals surface area contributed by atoms with Gasteiger partial charge in [0.15, 0.2) is 0 Å². The summed E-state index contributed by atoms with van der Waals surface area (Å²) < 4.78 is 67.2. The number of carbonyl (C=O) groups excluding carboxylic acids is 1. The van der Waals surface area contributed by atoms with E-state index < -0.39 is 27.3 Å². The average Bonchev–Trinajstić information content (AvgIpc) is 2.35. The molecule has 1 aliphatic rings. The topological polar surface area (TPSA) is 69.7 Å². The highest BCUT2D eigenvalue weighted by molar-refractivity contribution is 7.88. The van der Waals surface area contributed by atoms with Gasteiger partial charge in [0.2, 0.25) is 0 Å². The Bertz CT molecular complexity index is 663. The summed E-state index contributed by atoms with van der Waals surface area (Å²) in [6.45, 7) is 0. The van der Waals surface area contributed by atoms with Crippen LogP contribution < -0.4 is 8.92 Å². The van der Waals surface area contributed by atoms with Gasteiger partial charge >= 0.3 is 15.6 Å².